The summed E-state index contributed by atoms with van der Waals surface area (Å²) in [6.07, 6.45) is 11.6. The van der Waals surface area contributed by atoms with Crippen LogP contribution in [0.25, 0.3) is 0 Å². The van der Waals surface area contributed by atoms with Gasteiger partial charge in [-0.3, -0.25) is 0 Å². The van der Waals surface area contributed by atoms with Crippen molar-refractivity contribution in [1.82, 2.24) is 28.7 Å². The SMILES string of the molecule is C.CCC.CCC.CO.COCCc1ncc(C)n1C.Cc1cn(C)c(CCO)n1.Cc1cn(C)cn1.II.II.[Ar].[Ar]. The predicted octanol–water partition coefficient (Wildman–Crippen LogP) is 8.53. The molecule has 0 aliphatic heterocycles. The molecule has 0 aliphatic carbocycles. The second-order valence-corrected chi connectivity index (χ2v) is 8.10. The molecule has 3 aromatic heterocycles. The van der Waals surface area contributed by atoms with E-state index in [9.17, 15) is 0 Å². The smallest absolute Gasteiger partial charge is 0.110 e. The first-order chi connectivity index (χ1) is 19.1. The zero-order valence-corrected chi connectivity index (χ0v) is 37.3. The van der Waals surface area contributed by atoms with Crippen LogP contribution in [0.2, 0.25) is 0 Å². The molecule has 3 heterocycles. The first-order valence-corrected chi connectivity index (χ1v) is 25.4. The maximum Gasteiger partial charge on any atom is 0.110 e. The van der Waals surface area contributed by atoms with Gasteiger partial charge in [0.25, 0.3) is 0 Å². The number of aryl methyl sites for hydroxylation is 5. The molecule has 0 aromatic carbocycles. The molecule has 0 unspecified atom stereocenters. The van der Waals surface area contributed by atoms with Crippen molar-refractivity contribution in [3.63, 3.8) is 0 Å². The number of ether oxygens (including phenoxy) is 1. The summed E-state index contributed by atoms with van der Waals surface area (Å²) in [5.41, 5.74) is 3.27. The fourth-order valence-corrected chi connectivity index (χ4v) is 2.51. The van der Waals surface area contributed by atoms with Crippen molar-refractivity contribution in [2.24, 2.45) is 21.1 Å². The summed E-state index contributed by atoms with van der Waals surface area (Å²) in [5.74, 6) is 2.03. The Hall–Kier alpha value is 2.95. The van der Waals surface area contributed by atoms with Crippen LogP contribution in [0.5, 0.6) is 0 Å². The molecule has 15 heteroatoms. The molecule has 0 aliphatic rings. The molecule has 9 nitrogen and oxygen atoms in total. The summed E-state index contributed by atoms with van der Waals surface area (Å²) in [5, 5.41) is 15.6. The number of halogens is 4. The van der Waals surface area contributed by atoms with Gasteiger partial charge in [0, 0.05) is 222 Å². The number of nitrogens with zero attached hydrogens (tertiary/aromatic N) is 6. The van der Waals surface area contributed by atoms with Gasteiger partial charge in [0.1, 0.15) is 11.6 Å². The molecule has 0 saturated carbocycles. The number of aliphatic hydroxyl groups is 2. The van der Waals surface area contributed by atoms with E-state index in [1.54, 1.807) is 13.4 Å². The Balaban J connectivity index is -0.0000000592. The number of aliphatic hydroxyl groups excluding tert-OH is 2. The second-order valence-electron chi connectivity index (χ2n) is 8.10. The number of aromatic nitrogens is 6. The molecule has 0 saturated heterocycles. The molecule has 2 N–H and O–H groups in total. The molecule has 0 spiro atoms. The van der Waals surface area contributed by atoms with Crippen LogP contribution in [0.4, 0.5) is 0 Å². The first-order valence-electron chi connectivity index (χ1n) is 12.8. The van der Waals surface area contributed by atoms with E-state index in [4.69, 9.17) is 14.9 Å². The van der Waals surface area contributed by atoms with Crippen LogP contribution >= 0.6 is 74.5 Å². The van der Waals surface area contributed by atoms with Gasteiger partial charge >= 0.3 is 0 Å². The van der Waals surface area contributed by atoms with E-state index in [1.165, 1.54) is 18.5 Å². The number of hydrogen-bond donors (Lipinski definition) is 2. The Morgan fingerprint density at radius 3 is 1.49 bits per heavy atom. The van der Waals surface area contributed by atoms with Gasteiger partial charge in [-0.1, -0.05) is 48.0 Å². The van der Waals surface area contributed by atoms with Gasteiger partial charge in [-0.05, 0) is 20.8 Å². The van der Waals surface area contributed by atoms with Crippen LogP contribution in [0, 0.1) is 96.2 Å². The van der Waals surface area contributed by atoms with Crippen LogP contribution in [0.3, 0.4) is 0 Å². The fraction of sp³-hybridized carbons (Fsp3) is 0.679. The van der Waals surface area contributed by atoms with E-state index >= 15 is 0 Å². The molecular formula is C28H58Ar2I4N6O3. The third-order valence-corrected chi connectivity index (χ3v) is 4.11. The molecule has 262 valence electrons. The monoisotopic (exact) mass is 1110 g/mol. The van der Waals surface area contributed by atoms with Crippen molar-refractivity contribution in [3.05, 3.63) is 53.6 Å². The third kappa shape index (κ3) is 42.9. The van der Waals surface area contributed by atoms with E-state index < -0.39 is 0 Å². The average molecular weight is 1110 g/mol. The van der Waals surface area contributed by atoms with Gasteiger partial charge in [0.05, 0.1) is 30.9 Å². The van der Waals surface area contributed by atoms with Crippen LogP contribution < -0.4 is 0 Å². The molecule has 0 bridgehead atoms. The zero-order chi connectivity index (χ0) is 32.5. The topological polar surface area (TPSA) is 103 Å². The number of rotatable bonds is 5. The maximum atomic E-state index is 8.60. The van der Waals surface area contributed by atoms with Crippen molar-refractivity contribution >= 4 is 74.5 Å². The van der Waals surface area contributed by atoms with Gasteiger partial charge in [-0.15, -0.1) is 0 Å². The minimum atomic E-state index is 0. The summed E-state index contributed by atoms with van der Waals surface area (Å²) >= 11 is 8.48. The molecular weight excluding hydrogens is 1060 g/mol. The molecule has 43 heavy (non-hydrogen) atoms. The third-order valence-electron chi connectivity index (χ3n) is 4.11. The zero-order valence-electron chi connectivity index (χ0n) is 27.3. The second kappa shape index (κ2) is 51.8. The van der Waals surface area contributed by atoms with E-state index in [1.807, 2.05) is 69.6 Å². The minimum absolute atomic E-state index is 0. The van der Waals surface area contributed by atoms with E-state index in [2.05, 4.69) is 122 Å². The summed E-state index contributed by atoms with van der Waals surface area (Å²) in [6, 6.07) is 0. The predicted molar refractivity (Wildman–Crippen MR) is 213 cm³/mol. The Kier molecular flexibility index (Phi) is 77.6. The molecule has 0 fully saturated rings. The Morgan fingerprint density at radius 2 is 1.26 bits per heavy atom. The van der Waals surface area contributed by atoms with E-state index in [0.29, 0.717) is 6.42 Å². The molecule has 0 radical (unpaired) electrons. The molecule has 3 aromatic rings. The van der Waals surface area contributed by atoms with Crippen molar-refractivity contribution < 1.29 is 90.4 Å². The minimum Gasteiger partial charge on any atom is -0.400 e. The summed E-state index contributed by atoms with van der Waals surface area (Å²) in [7, 11) is 8.62. The van der Waals surface area contributed by atoms with E-state index in [0.717, 1.165) is 43.2 Å². The quantitative estimate of drug-likeness (QED) is 0.249. The van der Waals surface area contributed by atoms with Gasteiger partial charge in [0.15, 0.2) is 0 Å². The summed E-state index contributed by atoms with van der Waals surface area (Å²) in [6.45, 7) is 15.4. The number of imidazole rings is 3. The Bertz CT molecular complexity index is 868. The van der Waals surface area contributed by atoms with Crippen molar-refractivity contribution in [1.29, 1.82) is 0 Å². The standard InChI is InChI=1S/C8H14N2O.C7H12N2O.C5H8N2.2C3H8.CH4O.CH4.2Ar.2I2/c1-7-6-9-8(10(7)2)4-5-11-3;1-6-5-9(2)7(8-6)3-4-10;1-5-3-7(2)4-6-5;2*1-3-2;1-2;;;;2*1-2/h6H,4-5H2,1-3H3;5,10H,3-4H2,1-2H3;3-4H,1-2H3;2*3H2,1-2H3;2H,1H3;1H4;;;;. The van der Waals surface area contributed by atoms with Crippen LogP contribution in [-0.2, 0) is 38.7 Å². The van der Waals surface area contributed by atoms with E-state index in [-0.39, 0.29) is 89.5 Å². The number of methoxy groups -OCH3 is 1. The normalized spacial score (nSPS) is 7.86. The molecule has 0 amide bonds. The van der Waals surface area contributed by atoms with Crippen LogP contribution in [-0.4, -0.2) is 66.3 Å². The van der Waals surface area contributed by atoms with Crippen molar-refractivity contribution in [3.8, 4) is 0 Å². The fourth-order valence-electron chi connectivity index (χ4n) is 2.51. The Morgan fingerprint density at radius 1 is 0.791 bits per heavy atom. The summed E-state index contributed by atoms with van der Waals surface area (Å²) in [4.78, 5) is 12.4. The maximum absolute atomic E-state index is 8.60. The first kappa shape index (κ1) is 64.5. The Labute approximate surface area is 370 Å². The van der Waals surface area contributed by atoms with Crippen LogP contribution in [0.1, 0.15) is 76.7 Å². The van der Waals surface area contributed by atoms with Gasteiger partial charge < -0.3 is 28.7 Å². The molecule has 3 rings (SSSR count). The van der Waals surface area contributed by atoms with Gasteiger partial charge in [-0.2, -0.15) is 0 Å². The average Bonchev–Trinajstić information content (AvgIpc) is 3.60. The largest absolute Gasteiger partial charge is 0.400 e. The van der Waals surface area contributed by atoms with Crippen LogP contribution in [0.15, 0.2) is 24.9 Å². The van der Waals surface area contributed by atoms with Crippen molar-refractivity contribution in [2.45, 2.75) is 81.6 Å². The number of hydrogen-bond acceptors (Lipinski definition) is 6. The van der Waals surface area contributed by atoms with Gasteiger partial charge in [0.2, 0.25) is 0 Å². The van der Waals surface area contributed by atoms with Gasteiger partial charge in [-0.25, -0.2) is 15.0 Å². The van der Waals surface area contributed by atoms with Crippen molar-refractivity contribution in [2.75, 3.05) is 27.4 Å². The molecule has 0 atom stereocenters. The summed E-state index contributed by atoms with van der Waals surface area (Å²) < 4.78 is 10.9.